The number of rotatable bonds is 7. The summed E-state index contributed by atoms with van der Waals surface area (Å²) in [5.41, 5.74) is 0.746. The van der Waals surface area contributed by atoms with Gasteiger partial charge >= 0.3 is 0 Å². The molecule has 0 radical (unpaired) electrons. The number of sulfonamides is 1. The quantitative estimate of drug-likeness (QED) is 0.557. The van der Waals surface area contributed by atoms with Crippen LogP contribution in [0.15, 0.2) is 12.5 Å². The summed E-state index contributed by atoms with van der Waals surface area (Å²) >= 11 is 5.46. The van der Waals surface area contributed by atoms with Crippen LogP contribution in [0.4, 0.5) is 0 Å². The molecule has 0 aromatic carbocycles. The highest BCUT2D eigenvalue weighted by Crippen LogP contribution is 1.98. The number of hydrogen-bond donors (Lipinski definition) is 2. The Balaban J connectivity index is 2.30. The lowest BCUT2D eigenvalue weighted by molar-refractivity contribution is 0.577. The minimum absolute atomic E-state index is 0.119. The van der Waals surface area contributed by atoms with Crippen molar-refractivity contribution in [2.24, 2.45) is 0 Å². The molecule has 0 amide bonds. The first-order valence-electron chi connectivity index (χ1n) is 4.64. The smallest absolute Gasteiger partial charge is 0.211 e. The van der Waals surface area contributed by atoms with E-state index in [1.807, 2.05) is 0 Å². The van der Waals surface area contributed by atoms with Gasteiger partial charge < -0.3 is 4.98 Å². The van der Waals surface area contributed by atoms with Crippen molar-refractivity contribution in [3.05, 3.63) is 18.2 Å². The van der Waals surface area contributed by atoms with Gasteiger partial charge in [-0.15, -0.1) is 11.6 Å². The molecule has 1 rings (SSSR count). The second kappa shape index (κ2) is 6.09. The topological polar surface area (TPSA) is 74.8 Å². The summed E-state index contributed by atoms with van der Waals surface area (Å²) in [6, 6.07) is 0. The summed E-state index contributed by atoms with van der Waals surface area (Å²) < 4.78 is 25.3. The Morgan fingerprint density at radius 3 is 2.87 bits per heavy atom. The molecule has 2 N–H and O–H groups in total. The van der Waals surface area contributed by atoms with Crippen molar-refractivity contribution < 1.29 is 8.42 Å². The van der Waals surface area contributed by atoms with Crippen LogP contribution < -0.4 is 4.72 Å². The number of hydrogen-bond acceptors (Lipinski definition) is 3. The highest BCUT2D eigenvalue weighted by Gasteiger charge is 2.09. The number of aromatic amines is 1. The van der Waals surface area contributed by atoms with Crippen molar-refractivity contribution in [2.75, 3.05) is 11.6 Å². The van der Waals surface area contributed by atoms with Gasteiger partial charge in [-0.05, 0) is 12.8 Å². The molecule has 0 aliphatic heterocycles. The second-order valence-corrected chi connectivity index (χ2v) is 5.42. The summed E-state index contributed by atoms with van der Waals surface area (Å²) in [5.74, 6) is 0.615. The third-order valence-corrected chi connectivity index (χ3v) is 3.51. The Labute approximate surface area is 94.3 Å². The fraction of sp³-hybridized carbons (Fsp3) is 0.625. The molecule has 0 fully saturated rings. The molecule has 0 spiro atoms. The van der Waals surface area contributed by atoms with Gasteiger partial charge in [-0.2, -0.15) is 0 Å². The van der Waals surface area contributed by atoms with E-state index in [0.29, 0.717) is 18.7 Å². The highest BCUT2D eigenvalue weighted by atomic mass is 35.5. The van der Waals surface area contributed by atoms with Crippen LogP contribution in [0.25, 0.3) is 0 Å². The Kier molecular flexibility index (Phi) is 5.07. The first kappa shape index (κ1) is 12.5. The molecule has 5 nitrogen and oxygen atoms in total. The summed E-state index contributed by atoms with van der Waals surface area (Å²) in [6.45, 7) is 0.253. The molecule has 0 atom stereocenters. The van der Waals surface area contributed by atoms with Crippen LogP contribution in [-0.2, 0) is 16.6 Å². The van der Waals surface area contributed by atoms with Crippen LogP contribution >= 0.6 is 11.6 Å². The third kappa shape index (κ3) is 5.15. The number of imidazole rings is 1. The molecule has 1 aromatic rings. The predicted octanol–water partition coefficient (Wildman–Crippen LogP) is 0.848. The monoisotopic (exact) mass is 251 g/mol. The Morgan fingerprint density at radius 1 is 1.47 bits per heavy atom. The largest absolute Gasteiger partial charge is 0.347 e. The van der Waals surface area contributed by atoms with Gasteiger partial charge in [-0.25, -0.2) is 18.1 Å². The Hall–Kier alpha value is -0.590. The SMILES string of the molecule is O=S(=O)(CCCCCl)NCc1cnc[nH]1. The number of nitrogens with one attached hydrogen (secondary N) is 2. The van der Waals surface area contributed by atoms with Gasteiger partial charge in [0, 0.05) is 17.8 Å². The van der Waals surface area contributed by atoms with Crippen molar-refractivity contribution in [3.8, 4) is 0 Å². The number of nitrogens with zero attached hydrogens (tertiary/aromatic N) is 1. The molecule has 0 aliphatic carbocycles. The van der Waals surface area contributed by atoms with Crippen LogP contribution in [0.2, 0.25) is 0 Å². The van der Waals surface area contributed by atoms with Crippen LogP contribution in [-0.4, -0.2) is 30.0 Å². The van der Waals surface area contributed by atoms with E-state index in [1.54, 1.807) is 6.20 Å². The van der Waals surface area contributed by atoms with Crippen molar-refractivity contribution in [1.29, 1.82) is 0 Å². The predicted molar refractivity (Wildman–Crippen MR) is 59.2 cm³/mol. The molecule has 0 saturated heterocycles. The van der Waals surface area contributed by atoms with E-state index in [-0.39, 0.29) is 12.3 Å². The second-order valence-electron chi connectivity index (χ2n) is 3.11. The van der Waals surface area contributed by atoms with Gasteiger partial charge in [-0.3, -0.25) is 0 Å². The number of halogens is 1. The average molecular weight is 252 g/mol. The summed E-state index contributed by atoms with van der Waals surface area (Å²) in [7, 11) is -3.19. The van der Waals surface area contributed by atoms with Gasteiger partial charge in [0.1, 0.15) is 0 Å². The van der Waals surface area contributed by atoms with Crippen LogP contribution in [0, 0.1) is 0 Å². The number of alkyl halides is 1. The van der Waals surface area contributed by atoms with Crippen LogP contribution in [0.5, 0.6) is 0 Å². The number of unbranched alkanes of at least 4 members (excludes halogenated alkanes) is 1. The van der Waals surface area contributed by atoms with E-state index in [2.05, 4.69) is 14.7 Å². The summed E-state index contributed by atoms with van der Waals surface area (Å²) in [4.78, 5) is 6.61. The molecule has 7 heteroatoms. The maximum Gasteiger partial charge on any atom is 0.211 e. The van der Waals surface area contributed by atoms with Gasteiger partial charge in [0.2, 0.25) is 10.0 Å². The lowest BCUT2D eigenvalue weighted by atomic mass is 10.4. The maximum absolute atomic E-state index is 11.4. The molecule has 0 bridgehead atoms. The lowest BCUT2D eigenvalue weighted by Gasteiger charge is -2.04. The third-order valence-electron chi connectivity index (χ3n) is 1.83. The summed E-state index contributed by atoms with van der Waals surface area (Å²) in [6.07, 6.45) is 4.40. The van der Waals surface area contributed by atoms with Crippen molar-refractivity contribution in [2.45, 2.75) is 19.4 Å². The standard InChI is InChI=1S/C8H14ClN3O2S/c9-3-1-2-4-15(13,14)12-6-8-5-10-7-11-8/h5,7,12H,1-4,6H2,(H,10,11). The van der Waals surface area contributed by atoms with Gasteiger partial charge in [0.05, 0.1) is 18.6 Å². The first-order chi connectivity index (χ1) is 7.14. The maximum atomic E-state index is 11.4. The van der Waals surface area contributed by atoms with Crippen molar-refractivity contribution in [1.82, 2.24) is 14.7 Å². The van der Waals surface area contributed by atoms with Crippen LogP contribution in [0.1, 0.15) is 18.5 Å². The molecule has 0 unspecified atom stereocenters. The van der Waals surface area contributed by atoms with Gasteiger partial charge in [0.15, 0.2) is 0 Å². The highest BCUT2D eigenvalue weighted by molar-refractivity contribution is 7.89. The molecular weight excluding hydrogens is 238 g/mol. The van der Waals surface area contributed by atoms with E-state index in [1.165, 1.54) is 6.33 Å². The number of aromatic nitrogens is 2. The molecular formula is C8H14ClN3O2S. The normalized spacial score (nSPS) is 11.8. The van der Waals surface area contributed by atoms with Gasteiger partial charge in [0.25, 0.3) is 0 Å². The van der Waals surface area contributed by atoms with E-state index < -0.39 is 10.0 Å². The Bertz CT molecular complexity index is 363. The zero-order valence-electron chi connectivity index (χ0n) is 8.24. The van der Waals surface area contributed by atoms with Crippen LogP contribution in [0.3, 0.4) is 0 Å². The zero-order valence-corrected chi connectivity index (χ0v) is 9.81. The Morgan fingerprint density at radius 2 is 2.27 bits per heavy atom. The summed E-state index contributed by atoms with van der Waals surface area (Å²) in [5, 5.41) is 0. The van der Waals surface area contributed by atoms with Crippen molar-refractivity contribution >= 4 is 21.6 Å². The fourth-order valence-corrected chi connectivity index (χ4v) is 2.32. The van der Waals surface area contributed by atoms with Crippen molar-refractivity contribution in [3.63, 3.8) is 0 Å². The molecule has 1 heterocycles. The average Bonchev–Trinajstić information content (AvgIpc) is 2.68. The van der Waals surface area contributed by atoms with Gasteiger partial charge in [-0.1, -0.05) is 0 Å². The fourth-order valence-electron chi connectivity index (χ4n) is 1.03. The zero-order chi connectivity index (χ0) is 11.1. The number of H-pyrrole nitrogens is 1. The van der Waals surface area contributed by atoms with E-state index in [0.717, 1.165) is 5.69 Å². The molecule has 0 aliphatic rings. The van der Waals surface area contributed by atoms with E-state index in [4.69, 9.17) is 11.6 Å². The lowest BCUT2D eigenvalue weighted by Crippen LogP contribution is -2.26. The minimum Gasteiger partial charge on any atom is -0.347 e. The molecule has 0 saturated carbocycles. The molecule has 86 valence electrons. The minimum atomic E-state index is -3.19. The van der Waals surface area contributed by atoms with E-state index >= 15 is 0 Å². The molecule has 1 aromatic heterocycles. The van der Waals surface area contributed by atoms with E-state index in [9.17, 15) is 8.42 Å². The molecule has 15 heavy (non-hydrogen) atoms. The first-order valence-corrected chi connectivity index (χ1v) is 6.83.